The minimum absolute atomic E-state index is 0.0102. The van der Waals surface area contributed by atoms with Crippen molar-refractivity contribution in [2.24, 2.45) is 0 Å². The Hall–Kier alpha value is -3.47. The topological polar surface area (TPSA) is 105 Å². The van der Waals surface area contributed by atoms with E-state index in [-0.39, 0.29) is 57.0 Å². The summed E-state index contributed by atoms with van der Waals surface area (Å²) in [6, 6.07) is 18.5. The van der Waals surface area contributed by atoms with Crippen LogP contribution < -0.4 is 19.1 Å². The van der Waals surface area contributed by atoms with Crippen LogP contribution in [0.4, 0.5) is 5.69 Å². The molecular weight excluding hydrogens is 625 g/mol. The average molecular weight is 663 g/mol. The fourth-order valence-corrected chi connectivity index (χ4v) is 6.30. The zero-order valence-corrected chi connectivity index (χ0v) is 27.3. The van der Waals surface area contributed by atoms with Crippen LogP contribution in [0.1, 0.15) is 44.2 Å². The van der Waals surface area contributed by atoms with Crippen LogP contribution in [-0.2, 0) is 32.6 Å². The number of sulfonamides is 1. The number of ether oxygens (including phenoxy) is 2. The second-order valence-corrected chi connectivity index (χ2v) is 13.5. The molecule has 0 bridgehead atoms. The molecule has 3 aromatic carbocycles. The van der Waals surface area contributed by atoms with E-state index in [2.05, 4.69) is 5.32 Å². The number of nitrogens with one attached hydrogen (secondary N) is 1. The van der Waals surface area contributed by atoms with E-state index in [0.29, 0.717) is 32.8 Å². The highest BCUT2D eigenvalue weighted by molar-refractivity contribution is 7.92. The van der Waals surface area contributed by atoms with Gasteiger partial charge >= 0.3 is 0 Å². The van der Waals surface area contributed by atoms with Gasteiger partial charge in [0.1, 0.15) is 6.04 Å². The van der Waals surface area contributed by atoms with E-state index in [1.807, 2.05) is 44.2 Å². The van der Waals surface area contributed by atoms with Gasteiger partial charge in [0, 0.05) is 48.1 Å². The number of anilines is 1. The Bertz CT molecular complexity index is 1570. The molecule has 1 aliphatic rings. The van der Waals surface area contributed by atoms with E-state index < -0.39 is 16.1 Å². The van der Waals surface area contributed by atoms with Crippen molar-refractivity contribution in [3.8, 4) is 11.5 Å². The lowest BCUT2D eigenvalue weighted by Gasteiger charge is -2.33. The summed E-state index contributed by atoms with van der Waals surface area (Å²) in [5, 5.41) is 3.87. The standard InChI is InChI=1S/C32H37Cl2N3O6S/c1-4-22(2)35-32(39)28(17-23-9-6-5-7-10-23)36(20-24-12-13-25(33)18-27(24)34)31(38)11-8-16-37(44(3,40)41)26-14-15-29-30(19-26)43-21-42-29/h5-7,9-10,12-15,18-19,22,28H,4,8,11,16-17,20-21H2,1-3H3,(H,35,39). The van der Waals surface area contributed by atoms with Gasteiger partial charge in [-0.25, -0.2) is 8.42 Å². The maximum atomic E-state index is 14.0. The third-order valence-corrected chi connectivity index (χ3v) is 9.21. The zero-order chi connectivity index (χ0) is 31.9. The molecule has 4 rings (SSSR count). The number of hydrogen-bond donors (Lipinski definition) is 1. The molecule has 2 amide bonds. The fourth-order valence-electron chi connectivity index (χ4n) is 4.87. The first-order valence-electron chi connectivity index (χ1n) is 14.4. The molecule has 0 aliphatic carbocycles. The van der Waals surface area contributed by atoms with Crippen LogP contribution in [0.2, 0.25) is 10.0 Å². The summed E-state index contributed by atoms with van der Waals surface area (Å²) in [5.41, 5.74) is 1.93. The molecule has 0 aromatic heterocycles. The van der Waals surface area contributed by atoms with Gasteiger partial charge in [-0.3, -0.25) is 13.9 Å². The van der Waals surface area contributed by atoms with Crippen LogP contribution in [0, 0.1) is 0 Å². The second kappa shape index (κ2) is 15.0. The van der Waals surface area contributed by atoms with E-state index in [1.165, 1.54) is 9.21 Å². The molecule has 2 atom stereocenters. The third kappa shape index (κ3) is 8.80. The van der Waals surface area contributed by atoms with Crippen LogP contribution in [0.3, 0.4) is 0 Å². The first-order valence-corrected chi connectivity index (χ1v) is 17.0. The number of amides is 2. The SMILES string of the molecule is CCC(C)NC(=O)C(Cc1ccccc1)N(Cc1ccc(Cl)cc1Cl)C(=O)CCCN(c1ccc2c(c1)OCO2)S(C)(=O)=O. The van der Waals surface area contributed by atoms with Crippen LogP contribution in [0.15, 0.2) is 66.7 Å². The van der Waals surface area contributed by atoms with Crippen molar-refractivity contribution in [1.82, 2.24) is 10.2 Å². The number of fused-ring (bicyclic) bond motifs is 1. The molecular formula is C32H37Cl2N3O6S. The quantitative estimate of drug-likeness (QED) is 0.233. The van der Waals surface area contributed by atoms with Crippen molar-refractivity contribution in [3.05, 3.63) is 87.9 Å². The van der Waals surface area contributed by atoms with E-state index >= 15 is 0 Å². The summed E-state index contributed by atoms with van der Waals surface area (Å²) in [4.78, 5) is 29.3. The van der Waals surface area contributed by atoms with Gasteiger partial charge in [-0.05, 0) is 55.2 Å². The third-order valence-electron chi connectivity index (χ3n) is 7.42. The minimum atomic E-state index is -3.68. The lowest BCUT2D eigenvalue weighted by Crippen LogP contribution is -2.52. The molecule has 9 nitrogen and oxygen atoms in total. The summed E-state index contributed by atoms with van der Waals surface area (Å²) in [5.74, 6) is 0.401. The Morgan fingerprint density at radius 1 is 1.00 bits per heavy atom. The molecule has 236 valence electrons. The summed E-state index contributed by atoms with van der Waals surface area (Å²) in [6.45, 7) is 4.06. The number of halogens is 2. The summed E-state index contributed by atoms with van der Waals surface area (Å²) in [7, 11) is -3.68. The van der Waals surface area contributed by atoms with Crippen molar-refractivity contribution >= 4 is 50.7 Å². The lowest BCUT2D eigenvalue weighted by atomic mass is 10.0. The number of carbonyl (C=O) groups excluding carboxylic acids is 2. The summed E-state index contributed by atoms with van der Waals surface area (Å²) >= 11 is 12.6. The van der Waals surface area contributed by atoms with Gasteiger partial charge in [0.2, 0.25) is 28.6 Å². The smallest absolute Gasteiger partial charge is 0.243 e. The Labute approximate surface area is 269 Å². The Morgan fingerprint density at radius 2 is 1.73 bits per heavy atom. The monoisotopic (exact) mass is 661 g/mol. The summed E-state index contributed by atoms with van der Waals surface area (Å²) in [6.07, 6.45) is 2.32. The van der Waals surface area contributed by atoms with E-state index in [1.54, 1.807) is 36.4 Å². The van der Waals surface area contributed by atoms with Gasteiger partial charge in [-0.2, -0.15) is 0 Å². The predicted molar refractivity (Wildman–Crippen MR) is 173 cm³/mol. The molecule has 2 unspecified atom stereocenters. The molecule has 1 N–H and O–H groups in total. The molecule has 44 heavy (non-hydrogen) atoms. The normalized spacial score (nSPS) is 13.7. The molecule has 1 heterocycles. The Morgan fingerprint density at radius 3 is 2.41 bits per heavy atom. The molecule has 0 saturated carbocycles. The molecule has 3 aromatic rings. The number of hydrogen-bond acceptors (Lipinski definition) is 6. The van der Waals surface area contributed by atoms with Crippen molar-refractivity contribution < 1.29 is 27.5 Å². The highest BCUT2D eigenvalue weighted by atomic mass is 35.5. The highest BCUT2D eigenvalue weighted by Gasteiger charge is 2.31. The van der Waals surface area contributed by atoms with Crippen LogP contribution >= 0.6 is 23.2 Å². The molecule has 0 spiro atoms. The first-order chi connectivity index (χ1) is 21.0. The van der Waals surface area contributed by atoms with Gasteiger partial charge in [-0.15, -0.1) is 0 Å². The van der Waals surface area contributed by atoms with Gasteiger partial charge < -0.3 is 19.7 Å². The van der Waals surface area contributed by atoms with Crippen molar-refractivity contribution in [2.75, 3.05) is 23.9 Å². The summed E-state index contributed by atoms with van der Waals surface area (Å²) < 4.78 is 37.5. The number of nitrogens with zero attached hydrogens (tertiary/aromatic N) is 2. The largest absolute Gasteiger partial charge is 0.454 e. The average Bonchev–Trinajstić information content (AvgIpc) is 3.46. The Balaban J connectivity index is 1.60. The maximum Gasteiger partial charge on any atom is 0.243 e. The molecule has 0 saturated heterocycles. The van der Waals surface area contributed by atoms with Crippen LogP contribution in [0.25, 0.3) is 0 Å². The van der Waals surface area contributed by atoms with Gasteiger partial charge in [0.25, 0.3) is 0 Å². The van der Waals surface area contributed by atoms with Gasteiger partial charge in [0.05, 0.1) is 11.9 Å². The van der Waals surface area contributed by atoms with E-state index in [9.17, 15) is 18.0 Å². The first kappa shape index (κ1) is 33.4. The molecule has 1 aliphatic heterocycles. The van der Waals surface area contributed by atoms with Gasteiger partial charge in [-0.1, -0.05) is 66.5 Å². The van der Waals surface area contributed by atoms with Crippen molar-refractivity contribution in [2.45, 2.75) is 58.2 Å². The number of benzene rings is 3. The van der Waals surface area contributed by atoms with Crippen molar-refractivity contribution in [3.63, 3.8) is 0 Å². The van der Waals surface area contributed by atoms with Crippen LogP contribution in [0.5, 0.6) is 11.5 Å². The van der Waals surface area contributed by atoms with E-state index in [4.69, 9.17) is 32.7 Å². The van der Waals surface area contributed by atoms with E-state index in [0.717, 1.165) is 18.2 Å². The Kier molecular flexibility index (Phi) is 11.4. The van der Waals surface area contributed by atoms with Crippen molar-refractivity contribution in [1.29, 1.82) is 0 Å². The molecule has 0 fully saturated rings. The second-order valence-electron chi connectivity index (χ2n) is 10.8. The lowest BCUT2D eigenvalue weighted by molar-refractivity contribution is -0.141. The predicted octanol–water partition coefficient (Wildman–Crippen LogP) is 5.82. The van der Waals surface area contributed by atoms with Crippen LogP contribution in [-0.4, -0.2) is 56.8 Å². The number of rotatable bonds is 14. The van der Waals surface area contributed by atoms with Gasteiger partial charge in [0.15, 0.2) is 11.5 Å². The zero-order valence-electron chi connectivity index (χ0n) is 25.0. The fraction of sp³-hybridized carbons (Fsp3) is 0.375. The minimum Gasteiger partial charge on any atom is -0.454 e. The highest BCUT2D eigenvalue weighted by Crippen LogP contribution is 2.36. The molecule has 0 radical (unpaired) electrons. The maximum absolute atomic E-state index is 14.0. The number of carbonyl (C=O) groups is 2. The molecule has 12 heteroatoms.